The van der Waals surface area contributed by atoms with Crippen molar-refractivity contribution in [3.05, 3.63) is 21.9 Å². The molecule has 18 heavy (non-hydrogen) atoms. The monoisotopic (exact) mass is 266 g/mol. The van der Waals surface area contributed by atoms with Gasteiger partial charge in [0, 0.05) is 21.8 Å². The van der Waals surface area contributed by atoms with Gasteiger partial charge in [-0.2, -0.15) is 0 Å². The molecule has 1 aromatic rings. The Balaban J connectivity index is 2.13. The normalized spacial score (nSPS) is 21.2. The van der Waals surface area contributed by atoms with E-state index in [0.717, 1.165) is 6.04 Å². The Kier molecular flexibility index (Phi) is 4.82. The van der Waals surface area contributed by atoms with Gasteiger partial charge in [0.05, 0.1) is 6.04 Å². The predicted octanol–water partition coefficient (Wildman–Crippen LogP) is 3.71. The maximum absolute atomic E-state index is 6.25. The van der Waals surface area contributed by atoms with Gasteiger partial charge in [-0.05, 0) is 45.9 Å². The van der Waals surface area contributed by atoms with Crippen molar-refractivity contribution in [3.8, 4) is 0 Å². The number of likely N-dealkylation sites (N-methyl/N-ethyl adjacent to an activating group) is 1. The van der Waals surface area contributed by atoms with Gasteiger partial charge in [-0.3, -0.25) is 4.90 Å². The molecule has 0 amide bonds. The minimum absolute atomic E-state index is 0.190. The molecule has 1 saturated carbocycles. The zero-order valence-electron chi connectivity index (χ0n) is 11.9. The molecule has 102 valence electrons. The molecule has 0 bridgehead atoms. The predicted molar refractivity (Wildman–Crippen MR) is 80.1 cm³/mol. The second-order valence-corrected chi connectivity index (χ2v) is 7.03. The molecular weight excluding hydrogens is 240 g/mol. The topological polar surface area (TPSA) is 29.3 Å². The van der Waals surface area contributed by atoms with Crippen LogP contribution in [0.4, 0.5) is 0 Å². The smallest absolute Gasteiger partial charge is 0.0590 e. The lowest BCUT2D eigenvalue weighted by Crippen LogP contribution is -2.43. The number of aryl methyl sites for hydroxylation is 1. The number of nitrogens with two attached hydrogens (primary N) is 1. The second kappa shape index (κ2) is 6.18. The van der Waals surface area contributed by atoms with Crippen LogP contribution in [0, 0.1) is 6.92 Å². The first-order chi connectivity index (χ1) is 8.59. The molecule has 0 radical (unpaired) electrons. The molecule has 3 heteroatoms. The quantitative estimate of drug-likeness (QED) is 0.900. The Morgan fingerprint density at radius 1 is 1.28 bits per heavy atom. The van der Waals surface area contributed by atoms with Crippen molar-refractivity contribution < 1.29 is 0 Å². The highest BCUT2D eigenvalue weighted by atomic mass is 32.1. The molecule has 1 fully saturated rings. The van der Waals surface area contributed by atoms with Crippen LogP contribution < -0.4 is 5.73 Å². The van der Waals surface area contributed by atoms with E-state index in [0.29, 0.717) is 6.04 Å². The summed E-state index contributed by atoms with van der Waals surface area (Å²) in [4.78, 5) is 5.35. The second-order valence-electron chi connectivity index (χ2n) is 5.71. The SMILES string of the molecule is Cc1ccc(C(C(C)N)N(C)C2CCCCC2)s1. The van der Waals surface area contributed by atoms with E-state index in [1.807, 2.05) is 11.3 Å². The summed E-state index contributed by atoms with van der Waals surface area (Å²) in [5, 5.41) is 0. The van der Waals surface area contributed by atoms with Crippen LogP contribution in [0.25, 0.3) is 0 Å². The molecule has 2 nitrogen and oxygen atoms in total. The summed E-state index contributed by atoms with van der Waals surface area (Å²) in [6.07, 6.45) is 6.84. The molecule has 2 rings (SSSR count). The lowest BCUT2D eigenvalue weighted by Gasteiger charge is -2.38. The summed E-state index contributed by atoms with van der Waals surface area (Å²) in [6, 6.07) is 5.76. The number of thiophene rings is 1. The minimum Gasteiger partial charge on any atom is -0.326 e. The summed E-state index contributed by atoms with van der Waals surface area (Å²) < 4.78 is 0. The first-order valence-corrected chi connectivity index (χ1v) is 7.95. The van der Waals surface area contributed by atoms with E-state index in [1.165, 1.54) is 41.9 Å². The van der Waals surface area contributed by atoms with Crippen LogP contribution in [0.3, 0.4) is 0 Å². The summed E-state index contributed by atoms with van der Waals surface area (Å²) >= 11 is 1.89. The van der Waals surface area contributed by atoms with Crippen molar-refractivity contribution in [2.24, 2.45) is 5.73 Å². The van der Waals surface area contributed by atoms with Gasteiger partial charge in [-0.15, -0.1) is 11.3 Å². The van der Waals surface area contributed by atoms with Crippen molar-refractivity contribution in [1.82, 2.24) is 4.90 Å². The van der Waals surface area contributed by atoms with E-state index in [2.05, 4.69) is 37.9 Å². The van der Waals surface area contributed by atoms with Gasteiger partial charge < -0.3 is 5.73 Å². The first kappa shape index (κ1) is 14.0. The standard InChI is InChI=1S/C15H26N2S/c1-11-9-10-14(18-11)15(12(2)16)17(3)13-7-5-4-6-8-13/h9-10,12-13,15H,4-8,16H2,1-3H3. The number of hydrogen-bond acceptors (Lipinski definition) is 3. The van der Waals surface area contributed by atoms with E-state index >= 15 is 0 Å². The molecule has 2 unspecified atom stereocenters. The minimum atomic E-state index is 0.190. The molecule has 0 spiro atoms. The van der Waals surface area contributed by atoms with E-state index in [1.54, 1.807) is 0 Å². The Morgan fingerprint density at radius 3 is 2.44 bits per heavy atom. The number of rotatable bonds is 4. The van der Waals surface area contributed by atoms with Crippen LogP contribution in [0.2, 0.25) is 0 Å². The van der Waals surface area contributed by atoms with Crippen LogP contribution in [-0.4, -0.2) is 24.0 Å². The van der Waals surface area contributed by atoms with Crippen molar-refractivity contribution >= 4 is 11.3 Å². The number of hydrogen-bond donors (Lipinski definition) is 1. The zero-order chi connectivity index (χ0) is 13.1. The van der Waals surface area contributed by atoms with E-state index in [9.17, 15) is 0 Å². The summed E-state index contributed by atoms with van der Waals surface area (Å²) in [5.74, 6) is 0. The van der Waals surface area contributed by atoms with Crippen LogP contribution in [0.1, 0.15) is 54.8 Å². The zero-order valence-corrected chi connectivity index (χ0v) is 12.7. The summed E-state index contributed by atoms with van der Waals surface area (Å²) in [6.45, 7) is 4.31. The molecule has 0 aliphatic heterocycles. The largest absolute Gasteiger partial charge is 0.326 e. The van der Waals surface area contributed by atoms with Crippen molar-refractivity contribution in [1.29, 1.82) is 0 Å². The van der Waals surface area contributed by atoms with Crippen LogP contribution in [0.15, 0.2) is 12.1 Å². The average Bonchev–Trinajstić information content (AvgIpc) is 2.76. The third-order valence-electron chi connectivity index (χ3n) is 4.14. The molecule has 0 aromatic carbocycles. The Morgan fingerprint density at radius 2 is 1.94 bits per heavy atom. The van der Waals surface area contributed by atoms with E-state index in [4.69, 9.17) is 5.73 Å². The molecule has 1 heterocycles. The fourth-order valence-corrected chi connectivity index (χ4v) is 4.30. The highest BCUT2D eigenvalue weighted by molar-refractivity contribution is 7.12. The fraction of sp³-hybridized carbons (Fsp3) is 0.733. The third-order valence-corrected chi connectivity index (χ3v) is 5.21. The lowest BCUT2D eigenvalue weighted by atomic mass is 9.92. The van der Waals surface area contributed by atoms with Gasteiger partial charge in [0.25, 0.3) is 0 Å². The molecule has 1 aliphatic carbocycles. The Hall–Kier alpha value is -0.380. The summed E-state index contributed by atoms with van der Waals surface area (Å²) in [7, 11) is 2.26. The lowest BCUT2D eigenvalue weighted by molar-refractivity contribution is 0.125. The fourth-order valence-electron chi connectivity index (χ4n) is 3.16. The van der Waals surface area contributed by atoms with Gasteiger partial charge >= 0.3 is 0 Å². The first-order valence-electron chi connectivity index (χ1n) is 7.13. The van der Waals surface area contributed by atoms with Crippen LogP contribution >= 0.6 is 11.3 Å². The van der Waals surface area contributed by atoms with E-state index < -0.39 is 0 Å². The molecule has 2 atom stereocenters. The Labute approximate surface area is 115 Å². The van der Waals surface area contributed by atoms with Crippen LogP contribution in [-0.2, 0) is 0 Å². The molecular formula is C15H26N2S. The maximum atomic E-state index is 6.25. The maximum Gasteiger partial charge on any atom is 0.0590 e. The van der Waals surface area contributed by atoms with Crippen LogP contribution in [0.5, 0.6) is 0 Å². The third kappa shape index (κ3) is 3.14. The molecule has 0 saturated heterocycles. The van der Waals surface area contributed by atoms with Gasteiger partial charge in [-0.25, -0.2) is 0 Å². The highest BCUT2D eigenvalue weighted by Crippen LogP contribution is 2.33. The van der Waals surface area contributed by atoms with Crippen molar-refractivity contribution in [2.75, 3.05) is 7.05 Å². The average molecular weight is 266 g/mol. The molecule has 1 aliphatic rings. The number of nitrogens with zero attached hydrogens (tertiary/aromatic N) is 1. The Bertz CT molecular complexity index is 366. The molecule has 1 aromatic heterocycles. The van der Waals surface area contributed by atoms with Crippen molar-refractivity contribution in [2.45, 2.75) is 64.1 Å². The van der Waals surface area contributed by atoms with E-state index in [-0.39, 0.29) is 6.04 Å². The van der Waals surface area contributed by atoms with Gasteiger partial charge in [0.1, 0.15) is 0 Å². The van der Waals surface area contributed by atoms with Gasteiger partial charge in [0.15, 0.2) is 0 Å². The summed E-state index contributed by atoms with van der Waals surface area (Å²) in [5.41, 5.74) is 6.25. The van der Waals surface area contributed by atoms with Gasteiger partial charge in [-0.1, -0.05) is 19.3 Å². The highest BCUT2D eigenvalue weighted by Gasteiger charge is 2.28. The van der Waals surface area contributed by atoms with Gasteiger partial charge in [0.2, 0.25) is 0 Å². The molecule has 2 N–H and O–H groups in total. The van der Waals surface area contributed by atoms with Crippen molar-refractivity contribution in [3.63, 3.8) is 0 Å².